The van der Waals surface area contributed by atoms with Crippen molar-refractivity contribution in [3.05, 3.63) is 15.6 Å². The van der Waals surface area contributed by atoms with Gasteiger partial charge in [-0.3, -0.25) is 0 Å². The fourth-order valence-corrected chi connectivity index (χ4v) is 2.86. The second-order valence-electron chi connectivity index (χ2n) is 4.98. The minimum Gasteiger partial charge on any atom is -0.371 e. The number of ether oxygens (including phenoxy) is 1. The van der Waals surface area contributed by atoms with Gasteiger partial charge in [-0.05, 0) is 25.7 Å². The second-order valence-corrected chi connectivity index (χ2v) is 6.06. The van der Waals surface area contributed by atoms with Crippen LogP contribution in [-0.2, 0) is 23.3 Å². The van der Waals surface area contributed by atoms with Crippen molar-refractivity contribution < 1.29 is 4.74 Å². The number of hydrogen-bond donors (Lipinski definition) is 1. The maximum atomic E-state index is 5.80. The van der Waals surface area contributed by atoms with Crippen molar-refractivity contribution in [1.82, 2.24) is 4.98 Å². The van der Waals surface area contributed by atoms with Gasteiger partial charge in [0.2, 0.25) is 0 Å². The minimum atomic E-state index is -0.274. The molecule has 1 atom stereocenters. The van der Waals surface area contributed by atoms with E-state index in [0.29, 0.717) is 12.5 Å². The van der Waals surface area contributed by atoms with E-state index in [1.165, 1.54) is 4.88 Å². The predicted molar refractivity (Wildman–Crippen MR) is 73.2 cm³/mol. The average Bonchev–Trinajstić information content (AvgIpc) is 2.70. The number of aromatic nitrogens is 1. The van der Waals surface area contributed by atoms with Crippen LogP contribution in [0.3, 0.4) is 0 Å². The molecule has 0 aliphatic rings. The van der Waals surface area contributed by atoms with Crippen LogP contribution in [0.2, 0.25) is 0 Å². The van der Waals surface area contributed by atoms with E-state index < -0.39 is 0 Å². The van der Waals surface area contributed by atoms with Gasteiger partial charge in [0.15, 0.2) is 0 Å². The first-order valence-corrected chi connectivity index (χ1v) is 7.02. The molecule has 98 valence electrons. The van der Waals surface area contributed by atoms with Crippen LogP contribution in [0.1, 0.15) is 49.7 Å². The van der Waals surface area contributed by atoms with Crippen molar-refractivity contribution in [3.8, 4) is 0 Å². The Kier molecular flexibility index (Phi) is 5.10. The van der Waals surface area contributed by atoms with Gasteiger partial charge in [0.1, 0.15) is 10.6 Å². The highest BCUT2D eigenvalue weighted by atomic mass is 32.1. The molecule has 0 radical (unpaired) electrons. The minimum absolute atomic E-state index is 0.274. The van der Waals surface area contributed by atoms with Crippen molar-refractivity contribution in [2.75, 3.05) is 7.11 Å². The summed E-state index contributed by atoms with van der Waals surface area (Å²) in [6.45, 7) is 9.19. The molecular formula is C13H24N2OS. The lowest BCUT2D eigenvalue weighted by atomic mass is 10.0. The molecule has 0 fully saturated rings. The van der Waals surface area contributed by atoms with Crippen molar-refractivity contribution in [2.45, 2.75) is 52.7 Å². The van der Waals surface area contributed by atoms with Gasteiger partial charge in [-0.25, -0.2) is 4.98 Å². The number of rotatable bonds is 6. The third-order valence-electron chi connectivity index (χ3n) is 3.14. The second kappa shape index (κ2) is 5.94. The van der Waals surface area contributed by atoms with E-state index >= 15 is 0 Å². The first-order chi connectivity index (χ1) is 7.96. The van der Waals surface area contributed by atoms with Gasteiger partial charge in [-0.2, -0.15) is 0 Å². The highest BCUT2D eigenvalue weighted by molar-refractivity contribution is 7.11. The molecule has 0 aliphatic carbocycles. The monoisotopic (exact) mass is 256 g/mol. The number of methoxy groups -OCH3 is 1. The van der Waals surface area contributed by atoms with Crippen LogP contribution >= 0.6 is 11.3 Å². The third kappa shape index (κ3) is 3.27. The van der Waals surface area contributed by atoms with E-state index in [4.69, 9.17) is 15.5 Å². The lowest BCUT2D eigenvalue weighted by Gasteiger charge is -2.23. The smallest absolute Gasteiger partial charge is 0.125 e. The first kappa shape index (κ1) is 14.6. The van der Waals surface area contributed by atoms with Crippen molar-refractivity contribution >= 4 is 11.3 Å². The fourth-order valence-electron chi connectivity index (χ4n) is 1.70. The number of nitrogens with zero attached hydrogens (tertiary/aromatic N) is 1. The molecule has 0 aromatic carbocycles. The molecule has 1 unspecified atom stereocenters. The molecule has 17 heavy (non-hydrogen) atoms. The maximum absolute atomic E-state index is 5.80. The Morgan fingerprint density at radius 1 is 1.47 bits per heavy atom. The zero-order chi connectivity index (χ0) is 13.1. The summed E-state index contributed by atoms with van der Waals surface area (Å²) < 4.78 is 5.60. The molecule has 1 aromatic heterocycles. The Bertz CT molecular complexity index is 356. The predicted octanol–water partition coefficient (Wildman–Crippen LogP) is 3.07. The van der Waals surface area contributed by atoms with Crippen LogP contribution in [0.15, 0.2) is 0 Å². The summed E-state index contributed by atoms with van der Waals surface area (Å²) in [6.07, 6.45) is 1.91. The van der Waals surface area contributed by atoms with Gasteiger partial charge in [0.05, 0.1) is 5.69 Å². The standard InChI is InChI=1S/C13H24N2OS/c1-6-13(4,16-5)12-15-10(7-9(2)3)11(8-14)17-12/h9H,6-8,14H2,1-5H3. The molecule has 2 N–H and O–H groups in total. The molecule has 1 heterocycles. The van der Waals surface area contributed by atoms with Gasteiger partial charge in [-0.1, -0.05) is 20.8 Å². The summed E-state index contributed by atoms with van der Waals surface area (Å²) in [5.74, 6) is 0.602. The summed E-state index contributed by atoms with van der Waals surface area (Å²) in [4.78, 5) is 5.95. The van der Waals surface area contributed by atoms with Crippen LogP contribution in [0, 0.1) is 5.92 Å². The zero-order valence-corrected chi connectivity index (χ0v) is 12.4. The van der Waals surface area contributed by atoms with Crippen molar-refractivity contribution in [1.29, 1.82) is 0 Å². The molecular weight excluding hydrogens is 232 g/mol. The Labute approximate surface area is 108 Å². The van der Waals surface area contributed by atoms with Gasteiger partial charge in [0, 0.05) is 18.5 Å². The van der Waals surface area contributed by atoms with E-state index in [9.17, 15) is 0 Å². The van der Waals surface area contributed by atoms with Crippen LogP contribution in [-0.4, -0.2) is 12.1 Å². The molecule has 1 aromatic rings. The molecule has 1 rings (SSSR count). The summed E-state index contributed by atoms with van der Waals surface area (Å²) in [5.41, 5.74) is 6.67. The van der Waals surface area contributed by atoms with E-state index in [0.717, 1.165) is 23.5 Å². The van der Waals surface area contributed by atoms with Crippen LogP contribution in [0.4, 0.5) is 0 Å². The molecule has 0 aliphatic heterocycles. The first-order valence-electron chi connectivity index (χ1n) is 6.21. The topological polar surface area (TPSA) is 48.1 Å². The molecule has 0 bridgehead atoms. The Balaban J connectivity index is 3.07. The molecule has 0 saturated heterocycles. The van der Waals surface area contributed by atoms with Crippen molar-refractivity contribution in [3.63, 3.8) is 0 Å². The van der Waals surface area contributed by atoms with Gasteiger partial charge >= 0.3 is 0 Å². The largest absolute Gasteiger partial charge is 0.371 e. The van der Waals surface area contributed by atoms with E-state index in [-0.39, 0.29) is 5.60 Å². The highest BCUT2D eigenvalue weighted by Gasteiger charge is 2.29. The molecule has 3 nitrogen and oxygen atoms in total. The maximum Gasteiger partial charge on any atom is 0.125 e. The summed E-state index contributed by atoms with van der Waals surface area (Å²) in [5, 5.41) is 1.05. The van der Waals surface area contributed by atoms with Gasteiger partial charge < -0.3 is 10.5 Å². The van der Waals surface area contributed by atoms with Crippen molar-refractivity contribution in [2.24, 2.45) is 11.7 Å². The SMILES string of the molecule is CCC(C)(OC)c1nc(CC(C)C)c(CN)s1. The third-order valence-corrected chi connectivity index (χ3v) is 4.51. The normalized spacial score (nSPS) is 15.2. The van der Waals surface area contributed by atoms with Crippen LogP contribution < -0.4 is 5.73 Å². The molecule has 4 heteroatoms. The average molecular weight is 256 g/mol. The van der Waals surface area contributed by atoms with E-state index in [2.05, 4.69) is 27.7 Å². The summed E-state index contributed by atoms with van der Waals surface area (Å²) in [7, 11) is 1.75. The van der Waals surface area contributed by atoms with Crippen LogP contribution in [0.5, 0.6) is 0 Å². The van der Waals surface area contributed by atoms with E-state index in [1.54, 1.807) is 18.4 Å². The summed E-state index contributed by atoms with van der Waals surface area (Å²) >= 11 is 1.70. The van der Waals surface area contributed by atoms with Crippen LogP contribution in [0.25, 0.3) is 0 Å². The number of thiazole rings is 1. The Morgan fingerprint density at radius 3 is 2.53 bits per heavy atom. The van der Waals surface area contributed by atoms with E-state index in [1.807, 2.05) is 0 Å². The van der Waals surface area contributed by atoms with Gasteiger partial charge in [0.25, 0.3) is 0 Å². The lowest BCUT2D eigenvalue weighted by Crippen LogP contribution is -2.23. The highest BCUT2D eigenvalue weighted by Crippen LogP contribution is 2.33. The molecule has 0 spiro atoms. The quantitative estimate of drug-likeness (QED) is 0.851. The number of hydrogen-bond acceptors (Lipinski definition) is 4. The van der Waals surface area contributed by atoms with Gasteiger partial charge in [-0.15, -0.1) is 11.3 Å². The molecule has 0 amide bonds. The number of nitrogens with two attached hydrogens (primary N) is 1. The Hall–Kier alpha value is -0.450. The zero-order valence-electron chi connectivity index (χ0n) is 11.5. The summed E-state index contributed by atoms with van der Waals surface area (Å²) in [6, 6.07) is 0. The Morgan fingerprint density at radius 2 is 2.12 bits per heavy atom. The lowest BCUT2D eigenvalue weighted by molar-refractivity contribution is -0.00168. The molecule has 0 saturated carbocycles. The fraction of sp³-hybridized carbons (Fsp3) is 0.769.